The second-order valence-electron chi connectivity index (χ2n) is 1.21. The molecule has 0 atom stereocenters. The molecular formula is C3H6NNaO3S. The van der Waals surface area contributed by atoms with E-state index in [4.69, 9.17) is 0 Å². The first-order valence-electron chi connectivity index (χ1n) is 1.92. The van der Waals surface area contributed by atoms with Crippen molar-refractivity contribution in [2.24, 2.45) is 4.99 Å². The molecule has 0 saturated heterocycles. The first-order chi connectivity index (χ1) is 3.56. The summed E-state index contributed by atoms with van der Waals surface area (Å²) in [6.07, 6.45) is 0. The number of rotatable bonds is 3. The number of hydrogen-bond acceptors (Lipinski definition) is 4. The Balaban J connectivity index is 0. The Morgan fingerprint density at radius 1 is 1.56 bits per heavy atom. The van der Waals surface area contributed by atoms with Crippen LogP contribution in [0.4, 0.5) is 0 Å². The van der Waals surface area contributed by atoms with Crippen molar-refractivity contribution in [2.45, 2.75) is 0 Å². The molecule has 0 aromatic heterocycles. The van der Waals surface area contributed by atoms with E-state index in [9.17, 15) is 13.0 Å². The van der Waals surface area contributed by atoms with E-state index in [0.717, 1.165) is 0 Å². The monoisotopic (exact) mass is 159 g/mol. The molecule has 6 heteroatoms. The van der Waals surface area contributed by atoms with Gasteiger partial charge in [0.15, 0.2) is 0 Å². The summed E-state index contributed by atoms with van der Waals surface area (Å²) >= 11 is 0. The van der Waals surface area contributed by atoms with Gasteiger partial charge in [-0.25, -0.2) is 8.42 Å². The van der Waals surface area contributed by atoms with Gasteiger partial charge in [-0.2, -0.15) is 0 Å². The van der Waals surface area contributed by atoms with E-state index in [0.29, 0.717) is 0 Å². The molecule has 0 fully saturated rings. The third-order valence-corrected chi connectivity index (χ3v) is 1.18. The van der Waals surface area contributed by atoms with Crippen molar-refractivity contribution in [3.63, 3.8) is 0 Å². The zero-order valence-electron chi connectivity index (χ0n) is 5.20. The minimum absolute atomic E-state index is 0. The summed E-state index contributed by atoms with van der Waals surface area (Å²) in [5.74, 6) is -0.448. The fraction of sp³-hybridized carbons (Fsp3) is 0.667. The van der Waals surface area contributed by atoms with E-state index in [1.54, 1.807) is 0 Å². The number of hydrogen-bond donors (Lipinski definition) is 0. The summed E-state index contributed by atoms with van der Waals surface area (Å²) < 4.78 is 29.2. The normalized spacial score (nSPS) is 9.89. The third-order valence-electron chi connectivity index (χ3n) is 0.499. The molecule has 9 heavy (non-hydrogen) atoms. The van der Waals surface area contributed by atoms with Crippen molar-refractivity contribution in [1.82, 2.24) is 0 Å². The fourth-order valence-corrected chi connectivity index (χ4v) is 0.529. The van der Waals surface area contributed by atoms with Gasteiger partial charge in [-0.3, -0.25) is 4.99 Å². The first-order valence-corrected chi connectivity index (χ1v) is 3.50. The van der Waals surface area contributed by atoms with Gasteiger partial charge in [-0.05, 0) is 6.72 Å². The van der Waals surface area contributed by atoms with E-state index < -0.39 is 15.9 Å². The Kier molecular flexibility index (Phi) is 7.33. The molecule has 0 radical (unpaired) electrons. The summed E-state index contributed by atoms with van der Waals surface area (Å²) in [7, 11) is -4.07. The minimum atomic E-state index is -4.07. The van der Waals surface area contributed by atoms with Crippen molar-refractivity contribution in [3.8, 4) is 0 Å². The van der Waals surface area contributed by atoms with Crippen molar-refractivity contribution in [3.05, 3.63) is 0 Å². The standard InChI is InChI=1S/C3H7NO3S.Na/c1-4-2-3-8(5,6)7;/h1-3H2,(H,5,6,7);/q;+1/p-1. The molecule has 0 aromatic rings. The third kappa shape index (κ3) is 11.9. The van der Waals surface area contributed by atoms with Crippen LogP contribution in [0.3, 0.4) is 0 Å². The Morgan fingerprint density at radius 2 is 2.00 bits per heavy atom. The maximum Gasteiger partial charge on any atom is 1.00 e. The van der Waals surface area contributed by atoms with Gasteiger partial charge >= 0.3 is 29.6 Å². The van der Waals surface area contributed by atoms with Crippen molar-refractivity contribution in [1.29, 1.82) is 0 Å². The van der Waals surface area contributed by atoms with Crippen LogP contribution in [0.1, 0.15) is 0 Å². The van der Waals surface area contributed by atoms with Gasteiger partial charge in [0.1, 0.15) is 0 Å². The maximum absolute atomic E-state index is 9.75. The SMILES string of the molecule is C=NCCS(=O)(=O)[O-].[Na+]. The second kappa shape index (κ2) is 5.37. The molecule has 0 bridgehead atoms. The van der Waals surface area contributed by atoms with Crippen molar-refractivity contribution in [2.75, 3.05) is 12.3 Å². The quantitative estimate of drug-likeness (QED) is 0.241. The Bertz CT molecular complexity index is 164. The zero-order valence-corrected chi connectivity index (χ0v) is 8.02. The predicted molar refractivity (Wildman–Crippen MR) is 29.0 cm³/mol. The minimum Gasteiger partial charge on any atom is -0.748 e. The van der Waals surface area contributed by atoms with Crippen LogP contribution < -0.4 is 29.6 Å². The van der Waals surface area contributed by atoms with Crippen molar-refractivity contribution >= 4 is 16.8 Å². The van der Waals surface area contributed by atoms with Crippen molar-refractivity contribution < 1.29 is 42.5 Å². The topological polar surface area (TPSA) is 69.6 Å². The van der Waals surface area contributed by atoms with Crippen LogP contribution in [-0.2, 0) is 10.1 Å². The van der Waals surface area contributed by atoms with Gasteiger partial charge in [0.25, 0.3) is 0 Å². The molecular weight excluding hydrogens is 153 g/mol. The molecule has 0 spiro atoms. The average Bonchev–Trinajstić information content (AvgIpc) is 1.59. The molecule has 0 aliphatic carbocycles. The summed E-state index contributed by atoms with van der Waals surface area (Å²) in [5.41, 5.74) is 0. The number of aliphatic imine (C=N–C) groups is 1. The van der Waals surface area contributed by atoms with E-state index in [1.807, 2.05) is 0 Å². The molecule has 0 unspecified atom stereocenters. The van der Waals surface area contributed by atoms with Crippen LogP contribution in [-0.4, -0.2) is 32.0 Å². The first kappa shape index (κ1) is 12.3. The average molecular weight is 159 g/mol. The second-order valence-corrected chi connectivity index (χ2v) is 2.73. The molecule has 4 nitrogen and oxygen atoms in total. The molecule has 0 aromatic carbocycles. The summed E-state index contributed by atoms with van der Waals surface area (Å²) in [5, 5.41) is 0. The largest absolute Gasteiger partial charge is 1.00 e. The van der Waals surface area contributed by atoms with Crippen LogP contribution in [0, 0.1) is 0 Å². The molecule has 0 N–H and O–H groups in total. The van der Waals surface area contributed by atoms with Gasteiger partial charge in [-0.15, -0.1) is 0 Å². The smallest absolute Gasteiger partial charge is 0.748 e. The number of nitrogens with zero attached hydrogens (tertiary/aromatic N) is 1. The molecule has 0 amide bonds. The van der Waals surface area contributed by atoms with E-state index >= 15 is 0 Å². The Morgan fingerprint density at radius 3 is 2.11 bits per heavy atom. The molecule has 0 aliphatic rings. The van der Waals surface area contributed by atoms with Crippen LogP contribution in [0.5, 0.6) is 0 Å². The van der Waals surface area contributed by atoms with Crippen LogP contribution in [0.15, 0.2) is 4.99 Å². The van der Waals surface area contributed by atoms with Crippen LogP contribution in [0.2, 0.25) is 0 Å². The van der Waals surface area contributed by atoms with Gasteiger partial charge in [0.05, 0.1) is 22.4 Å². The van der Waals surface area contributed by atoms with Crippen LogP contribution >= 0.6 is 0 Å². The summed E-state index contributed by atoms with van der Waals surface area (Å²) in [6.45, 7) is 3.00. The molecule has 0 heterocycles. The zero-order chi connectivity index (χ0) is 6.62. The molecule has 0 aliphatic heterocycles. The van der Waals surface area contributed by atoms with Gasteiger partial charge in [0, 0.05) is 0 Å². The Hall–Kier alpha value is 0.580. The molecule has 0 rings (SSSR count). The molecule has 0 saturated carbocycles. The van der Waals surface area contributed by atoms with Gasteiger partial charge in [-0.1, -0.05) is 0 Å². The predicted octanol–water partition coefficient (Wildman–Crippen LogP) is -3.76. The summed E-state index contributed by atoms with van der Waals surface area (Å²) in [4.78, 5) is 3.19. The van der Waals surface area contributed by atoms with Gasteiger partial charge < -0.3 is 4.55 Å². The maximum atomic E-state index is 9.75. The summed E-state index contributed by atoms with van der Waals surface area (Å²) in [6, 6.07) is 0. The van der Waals surface area contributed by atoms with Gasteiger partial charge in [0.2, 0.25) is 0 Å². The van der Waals surface area contributed by atoms with Crippen LogP contribution in [0.25, 0.3) is 0 Å². The fourth-order valence-electron chi connectivity index (χ4n) is 0.176. The van der Waals surface area contributed by atoms with E-state index in [-0.39, 0.29) is 36.1 Å². The van der Waals surface area contributed by atoms with E-state index in [2.05, 4.69) is 11.7 Å². The Labute approximate surface area is 76.4 Å². The molecule has 48 valence electrons. The van der Waals surface area contributed by atoms with E-state index in [1.165, 1.54) is 0 Å².